The largest absolute Gasteiger partial charge is 0.349 e. The Balaban J connectivity index is 1.98. The number of nitrogens with one attached hydrogen (secondary N) is 2. The number of carbonyl (C=O) groups is 1. The number of hydrogen-bond donors (Lipinski definition) is 2. The van der Waals surface area contributed by atoms with Crippen molar-refractivity contribution >= 4 is 27.3 Å². The summed E-state index contributed by atoms with van der Waals surface area (Å²) in [5.74, 6) is -1.16. The van der Waals surface area contributed by atoms with Gasteiger partial charge >= 0.3 is 0 Å². The van der Waals surface area contributed by atoms with Crippen LogP contribution in [0.25, 0.3) is 0 Å². The van der Waals surface area contributed by atoms with Gasteiger partial charge in [-0.05, 0) is 25.1 Å². The molecule has 0 aliphatic rings. The normalized spacial score (nSPS) is 12.8. The zero-order valence-electron chi connectivity index (χ0n) is 11.6. The molecule has 0 bridgehead atoms. The predicted molar refractivity (Wildman–Crippen MR) is 80.1 cm³/mol. The molecule has 1 aromatic heterocycles. The monoisotopic (exact) mass is 343 g/mol. The molecule has 1 aromatic carbocycles. The first-order valence-electron chi connectivity index (χ1n) is 6.31. The molecule has 0 radical (unpaired) electrons. The van der Waals surface area contributed by atoms with Gasteiger partial charge in [-0.25, -0.2) is 17.8 Å². The zero-order valence-corrected chi connectivity index (χ0v) is 13.2. The van der Waals surface area contributed by atoms with Gasteiger partial charge < -0.3 is 5.32 Å². The molecule has 1 heterocycles. The van der Waals surface area contributed by atoms with Crippen molar-refractivity contribution < 1.29 is 17.6 Å². The maximum Gasteiger partial charge on any atom is 0.241 e. The van der Waals surface area contributed by atoms with Crippen LogP contribution in [0, 0.1) is 5.82 Å². The Morgan fingerprint density at radius 1 is 1.45 bits per heavy atom. The molecule has 2 N–H and O–H groups in total. The van der Waals surface area contributed by atoms with E-state index in [9.17, 15) is 17.6 Å². The second-order valence-corrected chi connectivity index (χ2v) is 6.93. The number of halogens is 1. The maximum absolute atomic E-state index is 13.1. The number of rotatable bonds is 6. The van der Waals surface area contributed by atoms with Crippen LogP contribution in [0.2, 0.25) is 0 Å². The molecular weight excluding hydrogens is 329 g/mol. The predicted octanol–water partition coefficient (Wildman–Crippen LogP) is 1.27. The number of aromatic nitrogens is 1. The minimum atomic E-state index is -3.96. The third-order valence-corrected chi connectivity index (χ3v) is 4.93. The first-order chi connectivity index (χ1) is 10.4. The van der Waals surface area contributed by atoms with Gasteiger partial charge in [0.15, 0.2) is 0 Å². The Labute approximate surface area is 131 Å². The minimum Gasteiger partial charge on any atom is -0.349 e. The fraction of sp³-hybridized carbons (Fsp3) is 0.231. The lowest BCUT2D eigenvalue weighted by molar-refractivity contribution is -0.122. The van der Waals surface area contributed by atoms with Crippen molar-refractivity contribution in [3.63, 3.8) is 0 Å². The van der Waals surface area contributed by atoms with E-state index < -0.39 is 27.8 Å². The van der Waals surface area contributed by atoms with Gasteiger partial charge in [0.2, 0.25) is 15.9 Å². The first-order valence-corrected chi connectivity index (χ1v) is 8.74. The summed E-state index contributed by atoms with van der Waals surface area (Å²) in [6, 6.07) is 3.58. The summed E-state index contributed by atoms with van der Waals surface area (Å²) < 4.78 is 39.4. The molecule has 118 valence electrons. The van der Waals surface area contributed by atoms with Gasteiger partial charge in [-0.1, -0.05) is 6.07 Å². The first kappa shape index (κ1) is 16.5. The van der Waals surface area contributed by atoms with Crippen LogP contribution < -0.4 is 10.0 Å². The molecule has 2 rings (SSSR count). The van der Waals surface area contributed by atoms with Crippen molar-refractivity contribution in [3.05, 3.63) is 46.7 Å². The molecule has 0 aliphatic carbocycles. The van der Waals surface area contributed by atoms with E-state index in [0.717, 1.165) is 12.1 Å². The van der Waals surface area contributed by atoms with E-state index in [-0.39, 0.29) is 11.4 Å². The summed E-state index contributed by atoms with van der Waals surface area (Å²) in [5.41, 5.74) is 2.33. The highest BCUT2D eigenvalue weighted by molar-refractivity contribution is 7.89. The second kappa shape index (κ2) is 6.95. The van der Waals surface area contributed by atoms with E-state index in [1.807, 2.05) is 0 Å². The topological polar surface area (TPSA) is 88.2 Å². The molecule has 1 amide bonds. The van der Waals surface area contributed by atoms with Crippen LogP contribution in [0.15, 0.2) is 40.1 Å². The van der Waals surface area contributed by atoms with Crippen molar-refractivity contribution in [2.24, 2.45) is 0 Å². The van der Waals surface area contributed by atoms with Crippen LogP contribution in [0.5, 0.6) is 0 Å². The van der Waals surface area contributed by atoms with Gasteiger partial charge in [0, 0.05) is 5.38 Å². The highest BCUT2D eigenvalue weighted by Crippen LogP contribution is 2.11. The molecule has 0 saturated carbocycles. The number of hydrogen-bond acceptors (Lipinski definition) is 5. The fourth-order valence-electron chi connectivity index (χ4n) is 1.64. The van der Waals surface area contributed by atoms with Crippen molar-refractivity contribution in [2.75, 3.05) is 0 Å². The molecular formula is C13H14FN3O3S2. The lowest BCUT2D eigenvalue weighted by Gasteiger charge is -2.14. The third kappa shape index (κ3) is 4.33. The standard InChI is InChI=1S/C13H14FN3O3S2/c1-9(13(18)15-6-11-7-21-8-16-11)17-22(19,20)12-4-2-3-10(14)5-12/h2-5,7-9,17H,6H2,1H3,(H,15,18). The molecule has 22 heavy (non-hydrogen) atoms. The summed E-state index contributed by atoms with van der Waals surface area (Å²) in [7, 11) is -3.96. The Morgan fingerprint density at radius 2 is 2.23 bits per heavy atom. The third-order valence-electron chi connectivity index (χ3n) is 2.76. The molecule has 0 spiro atoms. The average molecular weight is 343 g/mol. The summed E-state index contributed by atoms with van der Waals surface area (Å²) in [5, 5.41) is 4.35. The lowest BCUT2D eigenvalue weighted by atomic mass is 10.3. The van der Waals surface area contributed by atoms with E-state index in [4.69, 9.17) is 0 Å². The van der Waals surface area contributed by atoms with Crippen molar-refractivity contribution in [2.45, 2.75) is 24.4 Å². The van der Waals surface area contributed by atoms with E-state index in [0.29, 0.717) is 5.69 Å². The van der Waals surface area contributed by atoms with Gasteiger partial charge in [-0.15, -0.1) is 11.3 Å². The highest BCUT2D eigenvalue weighted by Gasteiger charge is 2.22. The van der Waals surface area contributed by atoms with Gasteiger partial charge in [0.1, 0.15) is 5.82 Å². The summed E-state index contributed by atoms with van der Waals surface area (Å²) in [6.07, 6.45) is 0. The number of amides is 1. The van der Waals surface area contributed by atoms with Crippen LogP contribution in [0.3, 0.4) is 0 Å². The number of nitrogens with zero attached hydrogens (tertiary/aromatic N) is 1. The average Bonchev–Trinajstić information content (AvgIpc) is 2.97. The molecule has 1 atom stereocenters. The SMILES string of the molecule is CC(NS(=O)(=O)c1cccc(F)c1)C(=O)NCc1cscn1. The minimum absolute atomic E-state index is 0.217. The summed E-state index contributed by atoms with van der Waals surface area (Å²) in [6.45, 7) is 1.63. The summed E-state index contributed by atoms with van der Waals surface area (Å²) in [4.78, 5) is 15.7. The van der Waals surface area contributed by atoms with Crippen molar-refractivity contribution in [1.29, 1.82) is 0 Å². The smallest absolute Gasteiger partial charge is 0.241 e. The molecule has 0 saturated heterocycles. The second-order valence-electron chi connectivity index (χ2n) is 4.50. The van der Waals surface area contributed by atoms with Gasteiger partial charge in [-0.2, -0.15) is 4.72 Å². The van der Waals surface area contributed by atoms with Gasteiger partial charge in [0.25, 0.3) is 0 Å². The highest BCUT2D eigenvalue weighted by atomic mass is 32.2. The van der Waals surface area contributed by atoms with E-state index >= 15 is 0 Å². The van der Waals surface area contributed by atoms with Crippen LogP contribution >= 0.6 is 11.3 Å². The van der Waals surface area contributed by atoms with Gasteiger partial charge in [-0.3, -0.25) is 4.79 Å². The Hall–Kier alpha value is -1.84. The number of sulfonamides is 1. The molecule has 6 nitrogen and oxygen atoms in total. The number of carbonyl (C=O) groups excluding carboxylic acids is 1. The molecule has 0 fully saturated rings. The van der Waals surface area contributed by atoms with Crippen LogP contribution in [-0.4, -0.2) is 25.4 Å². The molecule has 1 unspecified atom stereocenters. The van der Waals surface area contributed by atoms with E-state index in [2.05, 4.69) is 15.0 Å². The van der Waals surface area contributed by atoms with Gasteiger partial charge in [0.05, 0.1) is 28.7 Å². The maximum atomic E-state index is 13.1. The van der Waals surface area contributed by atoms with Crippen LogP contribution in [0.4, 0.5) is 4.39 Å². The van der Waals surface area contributed by atoms with E-state index in [1.165, 1.54) is 30.4 Å². The molecule has 2 aromatic rings. The summed E-state index contributed by atoms with van der Waals surface area (Å²) >= 11 is 1.40. The quantitative estimate of drug-likeness (QED) is 0.827. The number of benzene rings is 1. The Bertz CT molecular complexity index is 748. The van der Waals surface area contributed by atoms with Crippen molar-refractivity contribution in [1.82, 2.24) is 15.0 Å². The lowest BCUT2D eigenvalue weighted by Crippen LogP contribution is -2.44. The molecule has 0 aliphatic heterocycles. The Kier molecular flexibility index (Phi) is 5.22. The molecule has 9 heteroatoms. The zero-order chi connectivity index (χ0) is 16.2. The Morgan fingerprint density at radius 3 is 2.86 bits per heavy atom. The van der Waals surface area contributed by atoms with E-state index in [1.54, 1.807) is 10.9 Å². The van der Waals surface area contributed by atoms with Crippen LogP contribution in [0.1, 0.15) is 12.6 Å². The van der Waals surface area contributed by atoms with Crippen molar-refractivity contribution in [3.8, 4) is 0 Å². The van der Waals surface area contributed by atoms with Crippen LogP contribution in [-0.2, 0) is 21.4 Å². The number of thiazole rings is 1. The fourth-order valence-corrected chi connectivity index (χ4v) is 3.44.